The van der Waals surface area contributed by atoms with Crippen LogP contribution in [0.3, 0.4) is 0 Å². The highest BCUT2D eigenvalue weighted by molar-refractivity contribution is 7.80. The first-order valence-corrected chi connectivity index (χ1v) is 12.8. The molecule has 0 atom stereocenters. The Morgan fingerprint density at radius 2 is 1.13 bits per heavy atom. The maximum atomic E-state index is 11.1. The fourth-order valence-corrected chi connectivity index (χ4v) is 6.70. The van der Waals surface area contributed by atoms with Gasteiger partial charge in [-0.15, -0.1) is 0 Å². The lowest BCUT2D eigenvalue weighted by atomic mass is 10.1. The highest BCUT2D eigenvalue weighted by Gasteiger charge is 2.25. The first-order valence-electron chi connectivity index (χ1n) is 11.5. The number of phenols is 2. The van der Waals surface area contributed by atoms with Gasteiger partial charge in [0.1, 0.15) is 11.5 Å². The van der Waals surface area contributed by atoms with Gasteiger partial charge in [-0.25, -0.2) is 0 Å². The Morgan fingerprint density at radius 1 is 0.677 bits per heavy atom. The molecule has 3 heteroatoms. The predicted molar refractivity (Wildman–Crippen MR) is 135 cm³/mol. The van der Waals surface area contributed by atoms with Crippen LogP contribution in [-0.2, 0) is 12.8 Å². The van der Waals surface area contributed by atoms with Crippen molar-refractivity contribution in [2.75, 3.05) is 0 Å². The van der Waals surface area contributed by atoms with E-state index >= 15 is 0 Å². The van der Waals surface area contributed by atoms with E-state index in [1.165, 1.54) is 11.1 Å². The molecular formula is C28H35O2P. The Bertz CT molecular complexity index is 948. The van der Waals surface area contributed by atoms with Crippen molar-refractivity contribution in [1.82, 2.24) is 0 Å². The van der Waals surface area contributed by atoms with Gasteiger partial charge in [0.25, 0.3) is 0 Å². The number of unbranched alkanes of at least 4 members (excludes halogenated alkanes) is 2. The van der Waals surface area contributed by atoms with Crippen molar-refractivity contribution in [3.63, 3.8) is 0 Å². The molecule has 0 spiro atoms. The first-order chi connectivity index (χ1) is 15.0. The number of aromatic hydroxyl groups is 2. The standard InChI is InChI=1S/C28H35O2P/c1-5-7-12-22-16-20(3)27(29)25(18-22)31(24-14-10-9-11-15-24)26-19-23(13-8-6-2)17-21(4)28(26)30/h9-11,14-19,29-30H,5-8,12-13H2,1-4H3. The van der Waals surface area contributed by atoms with E-state index in [-0.39, 0.29) is 0 Å². The van der Waals surface area contributed by atoms with Crippen molar-refractivity contribution in [2.24, 2.45) is 0 Å². The summed E-state index contributed by atoms with van der Waals surface area (Å²) in [4.78, 5) is 0. The Balaban J connectivity index is 2.23. The van der Waals surface area contributed by atoms with E-state index in [1.54, 1.807) is 0 Å². The smallest absolute Gasteiger partial charge is 0.126 e. The minimum absolute atomic E-state index is 0.353. The molecule has 164 valence electrons. The van der Waals surface area contributed by atoms with Crippen LogP contribution in [0.4, 0.5) is 0 Å². The molecule has 0 aromatic heterocycles. The zero-order valence-electron chi connectivity index (χ0n) is 19.3. The molecule has 0 aliphatic heterocycles. The fraction of sp³-hybridized carbons (Fsp3) is 0.357. The SMILES string of the molecule is CCCCc1cc(C)c(O)c(P(c2ccccc2)c2cc(CCCC)cc(C)c2O)c1. The third-order valence-electron chi connectivity index (χ3n) is 5.81. The summed E-state index contributed by atoms with van der Waals surface area (Å²) in [6.45, 7) is 8.37. The summed E-state index contributed by atoms with van der Waals surface area (Å²) in [7, 11) is -1.08. The molecule has 0 unspecified atom stereocenters. The molecule has 3 aromatic rings. The zero-order valence-corrected chi connectivity index (χ0v) is 20.2. The van der Waals surface area contributed by atoms with E-state index < -0.39 is 7.92 Å². The second-order valence-corrected chi connectivity index (χ2v) is 10.6. The van der Waals surface area contributed by atoms with E-state index in [4.69, 9.17) is 0 Å². The van der Waals surface area contributed by atoms with Crippen LogP contribution in [0, 0.1) is 13.8 Å². The van der Waals surface area contributed by atoms with Crippen LogP contribution in [0.15, 0.2) is 54.6 Å². The normalized spacial score (nSPS) is 11.3. The van der Waals surface area contributed by atoms with Crippen LogP contribution < -0.4 is 15.9 Å². The second-order valence-electron chi connectivity index (χ2n) is 8.44. The highest BCUT2D eigenvalue weighted by atomic mass is 31.1. The third-order valence-corrected chi connectivity index (χ3v) is 8.27. The van der Waals surface area contributed by atoms with Crippen molar-refractivity contribution >= 4 is 23.8 Å². The molecule has 3 rings (SSSR count). The van der Waals surface area contributed by atoms with Crippen LogP contribution >= 0.6 is 7.92 Å². The van der Waals surface area contributed by atoms with E-state index in [0.29, 0.717) is 11.5 Å². The van der Waals surface area contributed by atoms with Crippen molar-refractivity contribution in [1.29, 1.82) is 0 Å². The van der Waals surface area contributed by atoms with Crippen LogP contribution in [0.5, 0.6) is 11.5 Å². The Labute approximate surface area is 188 Å². The Morgan fingerprint density at radius 3 is 1.55 bits per heavy atom. The molecule has 0 fully saturated rings. The first kappa shape index (κ1) is 23.4. The molecule has 2 nitrogen and oxygen atoms in total. The van der Waals surface area contributed by atoms with Crippen molar-refractivity contribution in [2.45, 2.75) is 66.2 Å². The summed E-state index contributed by atoms with van der Waals surface area (Å²) in [6.07, 6.45) is 6.55. The van der Waals surface area contributed by atoms with E-state index in [0.717, 1.165) is 65.6 Å². The molecule has 31 heavy (non-hydrogen) atoms. The fourth-order valence-electron chi connectivity index (χ4n) is 4.04. The molecule has 3 aromatic carbocycles. The number of benzene rings is 3. The van der Waals surface area contributed by atoms with Gasteiger partial charge in [0, 0.05) is 10.6 Å². The van der Waals surface area contributed by atoms with Crippen molar-refractivity contribution < 1.29 is 10.2 Å². The molecule has 0 bridgehead atoms. The van der Waals surface area contributed by atoms with Crippen LogP contribution in [0.1, 0.15) is 61.8 Å². The van der Waals surface area contributed by atoms with Gasteiger partial charge in [-0.1, -0.05) is 69.2 Å². The Kier molecular flexibility index (Phi) is 8.15. The molecular weight excluding hydrogens is 399 g/mol. The van der Waals surface area contributed by atoms with Crippen LogP contribution in [0.25, 0.3) is 0 Å². The minimum atomic E-state index is -1.08. The number of hydrogen-bond donors (Lipinski definition) is 2. The topological polar surface area (TPSA) is 40.5 Å². The molecule has 0 aliphatic carbocycles. The average molecular weight is 435 g/mol. The van der Waals surface area contributed by atoms with Gasteiger partial charge in [0.15, 0.2) is 0 Å². The average Bonchev–Trinajstić information content (AvgIpc) is 2.77. The number of hydrogen-bond acceptors (Lipinski definition) is 2. The van der Waals surface area contributed by atoms with Crippen LogP contribution in [-0.4, -0.2) is 10.2 Å². The predicted octanol–water partition coefficient (Wildman–Crippen LogP) is 6.16. The number of phenolic OH excluding ortho intramolecular Hbond substituents is 2. The molecule has 0 radical (unpaired) electrons. The molecule has 2 N–H and O–H groups in total. The lowest BCUT2D eigenvalue weighted by Crippen LogP contribution is -2.23. The molecule has 0 saturated heterocycles. The van der Waals surface area contributed by atoms with Gasteiger partial charge < -0.3 is 10.2 Å². The van der Waals surface area contributed by atoms with Gasteiger partial charge in [-0.05, 0) is 87.1 Å². The van der Waals surface area contributed by atoms with Gasteiger partial charge in [0.05, 0.1) is 0 Å². The van der Waals surface area contributed by atoms with Crippen LogP contribution in [0.2, 0.25) is 0 Å². The van der Waals surface area contributed by atoms with Crippen molar-refractivity contribution in [3.05, 3.63) is 76.9 Å². The quantitative estimate of drug-likeness (QED) is 0.396. The third kappa shape index (κ3) is 5.49. The summed E-state index contributed by atoms with van der Waals surface area (Å²) in [5.41, 5.74) is 4.33. The van der Waals surface area contributed by atoms with Crippen molar-refractivity contribution in [3.8, 4) is 11.5 Å². The van der Waals surface area contributed by atoms with Gasteiger partial charge in [-0.2, -0.15) is 0 Å². The molecule has 0 heterocycles. The number of rotatable bonds is 9. The lowest BCUT2D eigenvalue weighted by Gasteiger charge is -2.24. The minimum Gasteiger partial charge on any atom is -0.507 e. The van der Waals surface area contributed by atoms with Gasteiger partial charge in [-0.3, -0.25) is 0 Å². The number of aryl methyl sites for hydroxylation is 4. The zero-order chi connectivity index (χ0) is 22.4. The summed E-state index contributed by atoms with van der Waals surface area (Å²) in [6, 6.07) is 18.9. The summed E-state index contributed by atoms with van der Waals surface area (Å²) in [5, 5.41) is 25.3. The maximum absolute atomic E-state index is 11.1. The summed E-state index contributed by atoms with van der Waals surface area (Å²) >= 11 is 0. The summed E-state index contributed by atoms with van der Waals surface area (Å²) in [5.74, 6) is 0.706. The monoisotopic (exact) mass is 434 g/mol. The van der Waals surface area contributed by atoms with Gasteiger partial charge >= 0.3 is 0 Å². The van der Waals surface area contributed by atoms with E-state index in [1.807, 2.05) is 32.0 Å². The van der Waals surface area contributed by atoms with E-state index in [9.17, 15) is 10.2 Å². The lowest BCUT2D eigenvalue weighted by molar-refractivity contribution is 0.474. The Hall–Kier alpha value is -2.31. The van der Waals surface area contributed by atoms with Gasteiger partial charge in [0.2, 0.25) is 0 Å². The molecule has 0 saturated carbocycles. The largest absolute Gasteiger partial charge is 0.507 e. The maximum Gasteiger partial charge on any atom is 0.126 e. The highest BCUT2D eigenvalue weighted by Crippen LogP contribution is 2.41. The molecule has 0 aliphatic rings. The second kappa shape index (κ2) is 10.8. The summed E-state index contributed by atoms with van der Waals surface area (Å²) < 4.78 is 0. The van der Waals surface area contributed by atoms with E-state index in [2.05, 4.69) is 50.2 Å². The molecule has 0 amide bonds.